The van der Waals surface area contributed by atoms with Crippen LogP contribution < -0.4 is 0 Å². The molecule has 43 heavy (non-hydrogen) atoms. The lowest BCUT2D eigenvalue weighted by Crippen LogP contribution is -2.32. The van der Waals surface area contributed by atoms with Crippen molar-refractivity contribution in [3.8, 4) is 0 Å². The highest BCUT2D eigenvalue weighted by molar-refractivity contribution is 7.86. The molecule has 13 heteroatoms. The van der Waals surface area contributed by atoms with Crippen LogP contribution in [0.25, 0.3) is 0 Å². The third-order valence-corrected chi connectivity index (χ3v) is 7.49. The minimum absolute atomic E-state index is 0.136. The van der Waals surface area contributed by atoms with Crippen LogP contribution in [0.2, 0.25) is 0 Å². The van der Waals surface area contributed by atoms with Crippen LogP contribution in [0.3, 0.4) is 0 Å². The molecule has 0 fully saturated rings. The molecule has 0 amide bonds. The second-order valence-electron chi connectivity index (χ2n) is 12.2. The van der Waals surface area contributed by atoms with E-state index in [1.807, 2.05) is 0 Å². The van der Waals surface area contributed by atoms with E-state index >= 15 is 0 Å². The first-order valence-electron chi connectivity index (χ1n) is 13.5. The molecule has 1 aliphatic heterocycles. The van der Waals surface area contributed by atoms with E-state index in [9.17, 15) is 32.5 Å². The second kappa shape index (κ2) is 11.5. The van der Waals surface area contributed by atoms with Crippen molar-refractivity contribution >= 4 is 28.4 Å². The van der Waals surface area contributed by atoms with Crippen LogP contribution in [0, 0.1) is 0 Å². The summed E-state index contributed by atoms with van der Waals surface area (Å²) in [5.74, 6) is -0.914. The number of ether oxygens (including phenoxy) is 5. The monoisotopic (exact) mass is 618 g/mol. The van der Waals surface area contributed by atoms with E-state index in [0.29, 0.717) is 16.7 Å². The molecule has 3 unspecified atom stereocenters. The molecule has 0 aromatic carbocycles. The minimum Gasteiger partial charge on any atom is -0.478 e. The Bertz CT molecular complexity index is 1550. The van der Waals surface area contributed by atoms with Crippen molar-refractivity contribution in [3.05, 3.63) is 81.9 Å². The maximum atomic E-state index is 12.5. The Kier molecular flexibility index (Phi) is 8.53. The van der Waals surface area contributed by atoms with E-state index in [1.54, 1.807) is 59.8 Å². The topological polar surface area (TPSA) is 172 Å². The molecule has 0 saturated carbocycles. The van der Waals surface area contributed by atoms with E-state index in [4.69, 9.17) is 23.7 Å². The predicted molar refractivity (Wildman–Crippen MR) is 152 cm³/mol. The number of carboxylic acid groups (broad SMARTS) is 1. The number of carboxylic acids is 1. The highest BCUT2D eigenvalue weighted by Crippen LogP contribution is 2.46. The van der Waals surface area contributed by atoms with Crippen LogP contribution in [-0.4, -0.2) is 65.0 Å². The largest absolute Gasteiger partial charge is 0.509 e. The molecule has 4 rings (SSSR count). The van der Waals surface area contributed by atoms with E-state index in [1.165, 1.54) is 24.3 Å². The molecule has 1 heterocycles. The van der Waals surface area contributed by atoms with Crippen molar-refractivity contribution in [1.29, 1.82) is 0 Å². The van der Waals surface area contributed by atoms with Gasteiger partial charge in [-0.05, 0) is 59.3 Å². The lowest BCUT2D eigenvalue weighted by Gasteiger charge is -2.35. The van der Waals surface area contributed by atoms with Crippen molar-refractivity contribution < 1.29 is 56.1 Å². The zero-order valence-corrected chi connectivity index (χ0v) is 25.4. The SMILES string of the molecule is CC(C)(C)OC(=O)OC1C=CC2=C(C3=CC=C(C(=O)O)CC3S(=O)(=O)O)C3=CCC(OC(=O)OC(C)(C)C)C=C3OC2=C1. The van der Waals surface area contributed by atoms with Crippen LogP contribution in [0.1, 0.15) is 54.4 Å². The molecule has 2 N–H and O–H groups in total. The van der Waals surface area contributed by atoms with Crippen molar-refractivity contribution in [3.63, 3.8) is 0 Å². The van der Waals surface area contributed by atoms with Crippen LogP contribution in [0.4, 0.5) is 9.59 Å². The van der Waals surface area contributed by atoms with Gasteiger partial charge in [0.1, 0.15) is 40.2 Å². The van der Waals surface area contributed by atoms with Gasteiger partial charge in [-0.25, -0.2) is 14.4 Å². The Morgan fingerprint density at radius 3 is 2.14 bits per heavy atom. The third kappa shape index (κ3) is 7.85. The van der Waals surface area contributed by atoms with Crippen LogP contribution in [0.15, 0.2) is 81.9 Å². The number of carbonyl (C=O) groups is 3. The molecule has 12 nitrogen and oxygen atoms in total. The lowest BCUT2D eigenvalue weighted by atomic mass is 9.80. The van der Waals surface area contributed by atoms with Crippen molar-refractivity contribution in [2.75, 3.05) is 0 Å². The fraction of sp³-hybridized carbons (Fsp3) is 0.433. The molecule has 0 aromatic rings. The third-order valence-electron chi connectivity index (χ3n) is 6.35. The Hall–Kier alpha value is -4.10. The number of allylic oxidation sites excluding steroid dienone is 4. The molecule has 232 valence electrons. The van der Waals surface area contributed by atoms with Gasteiger partial charge >= 0.3 is 18.3 Å². The molecule has 0 aromatic heterocycles. The van der Waals surface area contributed by atoms with Crippen LogP contribution in [-0.2, 0) is 38.6 Å². The normalized spacial score (nSPS) is 23.6. The van der Waals surface area contributed by atoms with E-state index < -0.39 is 63.5 Å². The summed E-state index contributed by atoms with van der Waals surface area (Å²) in [4.78, 5) is 36.3. The van der Waals surface area contributed by atoms with Gasteiger partial charge in [0.05, 0.1) is 0 Å². The molecule has 3 atom stereocenters. The van der Waals surface area contributed by atoms with Gasteiger partial charge in [0.15, 0.2) is 0 Å². The first-order chi connectivity index (χ1) is 19.8. The standard InChI is InChI=1S/C30H34O12S/c1-29(2,3)41-27(33)38-17-8-11-19-22(14-17)40-23-15-18(39-28(34)42-30(4,5)6)9-12-20(23)25(19)21-10-7-16(26(31)32)13-24(21)43(35,36)37/h7-8,10-12,14-15,17-18,24H,9,13H2,1-6H3,(H,31,32)(H,35,36,37). The summed E-state index contributed by atoms with van der Waals surface area (Å²) in [5, 5.41) is 7.90. The van der Waals surface area contributed by atoms with Crippen LogP contribution in [0.5, 0.6) is 0 Å². The highest BCUT2D eigenvalue weighted by Gasteiger charge is 2.40. The molecule has 4 aliphatic rings. The number of aliphatic carboxylic acids is 1. The van der Waals surface area contributed by atoms with Gasteiger partial charge < -0.3 is 28.8 Å². The number of hydrogen-bond donors (Lipinski definition) is 2. The van der Waals surface area contributed by atoms with Gasteiger partial charge in [-0.3, -0.25) is 4.55 Å². The average Bonchev–Trinajstić information content (AvgIpc) is 2.84. The summed E-state index contributed by atoms with van der Waals surface area (Å²) in [6, 6.07) is 0. The molecular formula is C30H34O12S. The average molecular weight is 619 g/mol. The van der Waals surface area contributed by atoms with E-state index in [0.717, 1.165) is 0 Å². The van der Waals surface area contributed by atoms with Gasteiger partial charge in [-0.1, -0.05) is 24.3 Å². The van der Waals surface area contributed by atoms with Gasteiger partial charge in [0, 0.05) is 41.2 Å². The number of fused-ring (bicyclic) bond motifs is 2. The van der Waals surface area contributed by atoms with Crippen molar-refractivity contribution in [1.82, 2.24) is 0 Å². The molecular weight excluding hydrogens is 584 g/mol. The fourth-order valence-electron chi connectivity index (χ4n) is 4.70. The van der Waals surface area contributed by atoms with Crippen molar-refractivity contribution in [2.45, 2.75) is 83.0 Å². The lowest BCUT2D eigenvalue weighted by molar-refractivity contribution is -0.132. The maximum Gasteiger partial charge on any atom is 0.509 e. The predicted octanol–water partition coefficient (Wildman–Crippen LogP) is 5.22. The van der Waals surface area contributed by atoms with Gasteiger partial charge in [-0.15, -0.1) is 0 Å². The first-order valence-corrected chi connectivity index (χ1v) is 15.0. The zero-order chi connectivity index (χ0) is 31.9. The molecule has 0 radical (unpaired) electrons. The van der Waals surface area contributed by atoms with Gasteiger partial charge in [-0.2, -0.15) is 8.42 Å². The quantitative estimate of drug-likeness (QED) is 0.304. The number of rotatable bonds is 5. The fourth-order valence-corrected chi connectivity index (χ4v) is 5.60. The van der Waals surface area contributed by atoms with E-state index in [2.05, 4.69) is 0 Å². The van der Waals surface area contributed by atoms with Gasteiger partial charge in [0.25, 0.3) is 10.1 Å². The number of carbonyl (C=O) groups excluding carboxylic acids is 2. The number of hydrogen-bond acceptors (Lipinski definition) is 10. The molecule has 0 spiro atoms. The summed E-state index contributed by atoms with van der Waals surface area (Å²) >= 11 is 0. The van der Waals surface area contributed by atoms with Crippen LogP contribution >= 0.6 is 0 Å². The Morgan fingerprint density at radius 1 is 0.930 bits per heavy atom. The minimum atomic E-state index is -4.76. The summed E-state index contributed by atoms with van der Waals surface area (Å²) in [6.45, 7) is 10.2. The first kappa shape index (κ1) is 31.8. The zero-order valence-electron chi connectivity index (χ0n) is 24.6. The summed E-state index contributed by atoms with van der Waals surface area (Å²) in [6.07, 6.45) is 6.67. The van der Waals surface area contributed by atoms with Gasteiger partial charge in [0.2, 0.25) is 0 Å². The molecule has 0 bridgehead atoms. The van der Waals surface area contributed by atoms with Crippen molar-refractivity contribution in [2.24, 2.45) is 0 Å². The second-order valence-corrected chi connectivity index (χ2v) is 13.8. The summed E-state index contributed by atoms with van der Waals surface area (Å²) in [5.41, 5.74) is -0.422. The molecule has 0 saturated heterocycles. The maximum absolute atomic E-state index is 12.5. The molecule has 3 aliphatic carbocycles. The Labute approximate surface area is 249 Å². The Morgan fingerprint density at radius 2 is 1.56 bits per heavy atom. The Balaban J connectivity index is 1.78. The van der Waals surface area contributed by atoms with E-state index in [-0.39, 0.29) is 29.1 Å². The summed E-state index contributed by atoms with van der Waals surface area (Å²) < 4.78 is 62.7. The summed E-state index contributed by atoms with van der Waals surface area (Å²) in [7, 11) is -4.76. The smallest absolute Gasteiger partial charge is 0.478 e. The highest BCUT2D eigenvalue weighted by atomic mass is 32.2.